The SMILES string of the molecule is CNC(Cc1c(Cl)cccc1Cl)c1ccnc(C)c1. The van der Waals surface area contributed by atoms with Gasteiger partial charge in [0.05, 0.1) is 0 Å². The average molecular weight is 295 g/mol. The first-order valence-corrected chi connectivity index (χ1v) is 6.90. The molecule has 0 radical (unpaired) electrons. The molecule has 2 aromatic rings. The Bertz CT molecular complexity index is 550. The van der Waals surface area contributed by atoms with Gasteiger partial charge in [0.1, 0.15) is 0 Å². The van der Waals surface area contributed by atoms with Gasteiger partial charge in [0.15, 0.2) is 0 Å². The van der Waals surface area contributed by atoms with E-state index in [0.29, 0.717) is 10.0 Å². The average Bonchev–Trinajstić information content (AvgIpc) is 2.38. The van der Waals surface area contributed by atoms with Crippen molar-refractivity contribution in [3.63, 3.8) is 0 Å². The molecule has 0 aliphatic heterocycles. The normalized spacial score (nSPS) is 12.4. The van der Waals surface area contributed by atoms with E-state index in [1.807, 2.05) is 44.4 Å². The summed E-state index contributed by atoms with van der Waals surface area (Å²) in [5.41, 5.74) is 3.16. The number of nitrogens with zero attached hydrogens (tertiary/aromatic N) is 1. The van der Waals surface area contributed by atoms with Crippen molar-refractivity contribution < 1.29 is 0 Å². The molecule has 2 nitrogen and oxygen atoms in total. The Morgan fingerprint density at radius 2 is 1.89 bits per heavy atom. The summed E-state index contributed by atoms with van der Waals surface area (Å²) in [4.78, 5) is 4.22. The first kappa shape index (κ1) is 14.3. The molecule has 19 heavy (non-hydrogen) atoms. The third-order valence-corrected chi connectivity index (χ3v) is 3.85. The Hall–Kier alpha value is -1.09. The molecule has 0 bridgehead atoms. The molecule has 0 saturated carbocycles. The van der Waals surface area contributed by atoms with Gasteiger partial charge in [0.2, 0.25) is 0 Å². The minimum Gasteiger partial charge on any atom is -0.313 e. The van der Waals surface area contributed by atoms with Crippen LogP contribution in [0.5, 0.6) is 0 Å². The predicted octanol–water partition coefficient (Wildman–Crippen LogP) is 4.20. The van der Waals surface area contributed by atoms with Gasteiger partial charge in [-0.15, -0.1) is 0 Å². The third-order valence-electron chi connectivity index (χ3n) is 3.14. The van der Waals surface area contributed by atoms with Crippen molar-refractivity contribution in [2.75, 3.05) is 7.05 Å². The van der Waals surface area contributed by atoms with Gasteiger partial charge >= 0.3 is 0 Å². The maximum Gasteiger partial charge on any atom is 0.0453 e. The molecule has 1 N–H and O–H groups in total. The van der Waals surface area contributed by atoms with Gasteiger partial charge in [-0.3, -0.25) is 4.98 Å². The first-order valence-electron chi connectivity index (χ1n) is 6.14. The molecule has 2 rings (SSSR count). The lowest BCUT2D eigenvalue weighted by atomic mass is 9.99. The fraction of sp³-hybridized carbons (Fsp3) is 0.267. The summed E-state index contributed by atoms with van der Waals surface area (Å²) in [7, 11) is 1.94. The van der Waals surface area contributed by atoms with Gasteiger partial charge < -0.3 is 5.32 Å². The van der Waals surface area contributed by atoms with Crippen molar-refractivity contribution in [2.24, 2.45) is 0 Å². The highest BCUT2D eigenvalue weighted by Gasteiger charge is 2.14. The molecule has 100 valence electrons. The van der Waals surface area contributed by atoms with Crippen molar-refractivity contribution in [3.05, 3.63) is 63.4 Å². The predicted molar refractivity (Wildman–Crippen MR) is 80.9 cm³/mol. The Kier molecular flexibility index (Phi) is 4.81. The van der Waals surface area contributed by atoms with Crippen molar-refractivity contribution in [3.8, 4) is 0 Å². The number of aryl methyl sites for hydroxylation is 1. The third kappa shape index (κ3) is 3.47. The number of pyridine rings is 1. The second-order valence-corrected chi connectivity index (χ2v) is 5.29. The molecule has 0 amide bonds. The molecule has 1 heterocycles. The largest absolute Gasteiger partial charge is 0.313 e. The lowest BCUT2D eigenvalue weighted by Crippen LogP contribution is -2.19. The van der Waals surface area contributed by atoms with Crippen LogP contribution in [-0.2, 0) is 6.42 Å². The van der Waals surface area contributed by atoms with Gasteiger partial charge in [-0.2, -0.15) is 0 Å². The van der Waals surface area contributed by atoms with E-state index in [0.717, 1.165) is 17.7 Å². The van der Waals surface area contributed by atoms with Gasteiger partial charge in [-0.1, -0.05) is 29.3 Å². The number of hydrogen-bond acceptors (Lipinski definition) is 2. The summed E-state index contributed by atoms with van der Waals surface area (Å²) in [6, 6.07) is 9.85. The van der Waals surface area contributed by atoms with E-state index in [1.54, 1.807) is 0 Å². The zero-order chi connectivity index (χ0) is 13.8. The van der Waals surface area contributed by atoms with E-state index in [-0.39, 0.29) is 6.04 Å². The van der Waals surface area contributed by atoms with Crippen LogP contribution in [0.2, 0.25) is 10.0 Å². The number of nitrogens with one attached hydrogen (secondary N) is 1. The zero-order valence-electron chi connectivity index (χ0n) is 11.0. The second-order valence-electron chi connectivity index (χ2n) is 4.48. The zero-order valence-corrected chi connectivity index (χ0v) is 12.5. The van der Waals surface area contributed by atoms with Gasteiger partial charge in [-0.05, 0) is 55.8 Å². The van der Waals surface area contributed by atoms with Crippen LogP contribution >= 0.6 is 23.2 Å². The smallest absolute Gasteiger partial charge is 0.0453 e. The van der Waals surface area contributed by atoms with Crippen molar-refractivity contribution in [2.45, 2.75) is 19.4 Å². The van der Waals surface area contributed by atoms with E-state index in [2.05, 4.69) is 16.4 Å². The number of hydrogen-bond donors (Lipinski definition) is 1. The number of likely N-dealkylation sites (N-methyl/N-ethyl adjacent to an activating group) is 1. The van der Waals surface area contributed by atoms with Gasteiger partial charge in [-0.25, -0.2) is 0 Å². The summed E-state index contributed by atoms with van der Waals surface area (Å²) in [5.74, 6) is 0. The fourth-order valence-corrected chi connectivity index (χ4v) is 2.65. The van der Waals surface area contributed by atoms with Crippen LogP contribution in [0, 0.1) is 6.92 Å². The number of benzene rings is 1. The Labute approximate surface area is 123 Å². The van der Waals surface area contributed by atoms with E-state index < -0.39 is 0 Å². The summed E-state index contributed by atoms with van der Waals surface area (Å²) >= 11 is 12.4. The number of halogens is 2. The monoisotopic (exact) mass is 294 g/mol. The molecule has 0 aliphatic carbocycles. The van der Waals surface area contributed by atoms with Crippen molar-refractivity contribution >= 4 is 23.2 Å². The summed E-state index contributed by atoms with van der Waals surface area (Å²) in [5, 5.41) is 4.72. The van der Waals surface area contributed by atoms with E-state index in [9.17, 15) is 0 Å². The van der Waals surface area contributed by atoms with Crippen LogP contribution in [0.4, 0.5) is 0 Å². The topological polar surface area (TPSA) is 24.9 Å². The quantitative estimate of drug-likeness (QED) is 0.914. The molecule has 4 heteroatoms. The maximum atomic E-state index is 6.22. The summed E-state index contributed by atoms with van der Waals surface area (Å²) in [6.07, 6.45) is 2.57. The molecular weight excluding hydrogens is 279 g/mol. The summed E-state index contributed by atoms with van der Waals surface area (Å²) < 4.78 is 0. The Morgan fingerprint density at radius 3 is 2.47 bits per heavy atom. The van der Waals surface area contributed by atoms with Crippen molar-refractivity contribution in [1.82, 2.24) is 10.3 Å². The standard InChI is InChI=1S/C15H16Cl2N2/c1-10-8-11(6-7-19-10)15(18-2)9-12-13(16)4-3-5-14(12)17/h3-8,15,18H,9H2,1-2H3. The Balaban J connectivity index is 2.29. The molecule has 0 fully saturated rings. The highest BCUT2D eigenvalue weighted by molar-refractivity contribution is 6.36. The van der Waals surface area contributed by atoms with Gasteiger partial charge in [0, 0.05) is 28.0 Å². The molecule has 0 saturated heterocycles. The minimum absolute atomic E-state index is 0.166. The van der Waals surface area contributed by atoms with Gasteiger partial charge in [0.25, 0.3) is 0 Å². The maximum absolute atomic E-state index is 6.22. The number of rotatable bonds is 4. The van der Waals surface area contributed by atoms with Crippen LogP contribution in [-0.4, -0.2) is 12.0 Å². The van der Waals surface area contributed by atoms with Crippen LogP contribution in [0.1, 0.15) is 22.9 Å². The fourth-order valence-electron chi connectivity index (χ4n) is 2.10. The molecular formula is C15H16Cl2N2. The first-order chi connectivity index (χ1) is 9.11. The Morgan fingerprint density at radius 1 is 1.21 bits per heavy atom. The minimum atomic E-state index is 0.166. The highest BCUT2D eigenvalue weighted by atomic mass is 35.5. The van der Waals surface area contributed by atoms with Crippen LogP contribution < -0.4 is 5.32 Å². The van der Waals surface area contributed by atoms with E-state index in [4.69, 9.17) is 23.2 Å². The molecule has 1 unspecified atom stereocenters. The number of aromatic nitrogens is 1. The highest BCUT2D eigenvalue weighted by Crippen LogP contribution is 2.29. The van der Waals surface area contributed by atoms with Crippen molar-refractivity contribution in [1.29, 1.82) is 0 Å². The molecule has 1 atom stereocenters. The lowest BCUT2D eigenvalue weighted by molar-refractivity contribution is 0.591. The molecule has 0 aliphatic rings. The van der Waals surface area contributed by atoms with E-state index >= 15 is 0 Å². The van der Waals surface area contributed by atoms with Crippen LogP contribution in [0.3, 0.4) is 0 Å². The second kappa shape index (κ2) is 6.38. The molecule has 1 aromatic carbocycles. The summed E-state index contributed by atoms with van der Waals surface area (Å²) in [6.45, 7) is 1.98. The van der Waals surface area contributed by atoms with Crippen LogP contribution in [0.15, 0.2) is 36.5 Å². The molecule has 1 aromatic heterocycles. The molecule has 0 spiro atoms. The lowest BCUT2D eigenvalue weighted by Gasteiger charge is -2.18. The van der Waals surface area contributed by atoms with E-state index in [1.165, 1.54) is 5.56 Å². The van der Waals surface area contributed by atoms with Crippen LogP contribution in [0.25, 0.3) is 0 Å².